The summed E-state index contributed by atoms with van der Waals surface area (Å²) < 4.78 is 0. The van der Waals surface area contributed by atoms with Crippen LogP contribution in [-0.4, -0.2) is 28.7 Å². The summed E-state index contributed by atoms with van der Waals surface area (Å²) >= 11 is 1.54. The Morgan fingerprint density at radius 3 is 2.44 bits per heavy atom. The molecule has 130 valence electrons. The molecule has 2 aromatic rings. The number of nitrogens with one attached hydrogen (secondary N) is 3. The maximum absolute atomic E-state index is 12.0. The predicted octanol–water partition coefficient (Wildman–Crippen LogP) is 3.24. The van der Waals surface area contributed by atoms with Gasteiger partial charge in [0.15, 0.2) is 0 Å². The van der Waals surface area contributed by atoms with Gasteiger partial charge in [-0.2, -0.15) is 0 Å². The maximum atomic E-state index is 12.0. The van der Waals surface area contributed by atoms with Crippen LogP contribution in [0.2, 0.25) is 0 Å². The van der Waals surface area contributed by atoms with Crippen LogP contribution in [0.4, 0.5) is 16.2 Å². The fourth-order valence-corrected chi connectivity index (χ4v) is 2.93. The Bertz CT molecular complexity index is 718. The number of amides is 3. The molecular weight excluding hydrogens is 336 g/mol. The fourth-order valence-electron chi connectivity index (χ4n) is 2.16. The molecule has 0 unspecified atom stereocenters. The third-order valence-corrected chi connectivity index (χ3v) is 4.57. The minimum Gasteiger partial charge on any atom is -0.335 e. The lowest BCUT2D eigenvalue weighted by molar-refractivity contribution is -0.113. The van der Waals surface area contributed by atoms with Crippen LogP contribution in [0.3, 0.4) is 0 Å². The van der Waals surface area contributed by atoms with E-state index in [1.54, 1.807) is 36.7 Å². The quantitative estimate of drug-likeness (QED) is 0.711. The zero-order valence-electron chi connectivity index (χ0n) is 13.7. The number of aromatic nitrogens is 1. The summed E-state index contributed by atoms with van der Waals surface area (Å²) in [5.74, 6) is 1.07. The van der Waals surface area contributed by atoms with Gasteiger partial charge >= 0.3 is 6.03 Å². The van der Waals surface area contributed by atoms with Crippen LogP contribution >= 0.6 is 11.8 Å². The molecule has 1 aliphatic rings. The molecule has 0 atom stereocenters. The summed E-state index contributed by atoms with van der Waals surface area (Å²) in [7, 11) is 0. The van der Waals surface area contributed by atoms with Crippen molar-refractivity contribution in [1.29, 1.82) is 0 Å². The topological polar surface area (TPSA) is 83.1 Å². The minimum atomic E-state index is -0.189. The summed E-state index contributed by atoms with van der Waals surface area (Å²) in [6, 6.07) is 11.1. The number of rotatable bonds is 7. The molecule has 7 heteroatoms. The molecule has 0 radical (unpaired) electrons. The van der Waals surface area contributed by atoms with Crippen molar-refractivity contribution in [3.05, 3.63) is 54.4 Å². The molecule has 1 saturated carbocycles. The molecule has 0 bridgehead atoms. The van der Waals surface area contributed by atoms with Crippen LogP contribution in [0.5, 0.6) is 0 Å². The second-order valence-corrected chi connectivity index (χ2v) is 6.84. The van der Waals surface area contributed by atoms with E-state index in [0.29, 0.717) is 23.2 Å². The Morgan fingerprint density at radius 2 is 1.80 bits per heavy atom. The van der Waals surface area contributed by atoms with Gasteiger partial charge in [-0.25, -0.2) is 4.79 Å². The van der Waals surface area contributed by atoms with Crippen molar-refractivity contribution < 1.29 is 9.59 Å². The largest absolute Gasteiger partial charge is 0.335 e. The number of hydrogen-bond acceptors (Lipinski definition) is 4. The second-order valence-electron chi connectivity index (χ2n) is 5.85. The Kier molecular flexibility index (Phi) is 5.90. The van der Waals surface area contributed by atoms with Crippen LogP contribution in [0, 0.1) is 0 Å². The molecule has 1 heterocycles. The van der Waals surface area contributed by atoms with Gasteiger partial charge in [0.2, 0.25) is 5.91 Å². The van der Waals surface area contributed by atoms with E-state index in [1.165, 1.54) is 11.8 Å². The van der Waals surface area contributed by atoms with Gasteiger partial charge in [0, 0.05) is 35.6 Å². The molecule has 3 rings (SSSR count). The zero-order chi connectivity index (χ0) is 17.5. The third kappa shape index (κ3) is 6.11. The second kappa shape index (κ2) is 8.53. The monoisotopic (exact) mass is 356 g/mol. The Hall–Kier alpha value is -2.54. The molecule has 1 aromatic carbocycles. The van der Waals surface area contributed by atoms with Crippen LogP contribution in [-0.2, 0) is 10.5 Å². The lowest BCUT2D eigenvalue weighted by Crippen LogP contribution is -2.30. The number of thioether (sulfide) groups is 1. The molecule has 3 amide bonds. The SMILES string of the molecule is O=C(CSCc1cccnc1)Nc1ccc(NC(=O)NC2CC2)cc1. The van der Waals surface area contributed by atoms with Crippen molar-refractivity contribution in [1.82, 2.24) is 10.3 Å². The smallest absolute Gasteiger partial charge is 0.319 e. The van der Waals surface area contributed by atoms with Crippen LogP contribution in [0.1, 0.15) is 18.4 Å². The summed E-state index contributed by atoms with van der Waals surface area (Å²) in [6.45, 7) is 0. The van der Waals surface area contributed by atoms with Gasteiger partial charge in [0.05, 0.1) is 5.75 Å². The molecule has 1 aliphatic carbocycles. The fraction of sp³-hybridized carbons (Fsp3) is 0.278. The lowest BCUT2D eigenvalue weighted by Gasteiger charge is -2.08. The molecule has 1 aromatic heterocycles. The molecule has 0 aliphatic heterocycles. The van der Waals surface area contributed by atoms with E-state index in [1.807, 2.05) is 12.1 Å². The Labute approximate surface area is 150 Å². The molecule has 6 nitrogen and oxygen atoms in total. The summed E-state index contributed by atoms with van der Waals surface area (Å²) in [6.07, 6.45) is 5.64. The van der Waals surface area contributed by atoms with Gasteiger partial charge in [-0.15, -0.1) is 11.8 Å². The molecule has 3 N–H and O–H groups in total. The third-order valence-electron chi connectivity index (χ3n) is 3.56. The van der Waals surface area contributed by atoms with Gasteiger partial charge < -0.3 is 16.0 Å². The highest BCUT2D eigenvalue weighted by Gasteiger charge is 2.23. The van der Waals surface area contributed by atoms with E-state index < -0.39 is 0 Å². The van der Waals surface area contributed by atoms with Crippen LogP contribution in [0.15, 0.2) is 48.8 Å². The standard InChI is InChI=1S/C18H20N4O2S/c23-17(12-25-11-13-2-1-9-19-10-13)20-14-3-5-15(6-4-14)21-18(24)22-16-7-8-16/h1-6,9-10,16H,7-8,11-12H2,(H,20,23)(H2,21,22,24). The van der Waals surface area contributed by atoms with Crippen LogP contribution < -0.4 is 16.0 Å². The first kappa shape index (κ1) is 17.3. The summed E-state index contributed by atoms with van der Waals surface area (Å²) in [5, 5.41) is 8.48. The number of benzene rings is 1. The molecular formula is C18H20N4O2S. The number of hydrogen-bond donors (Lipinski definition) is 3. The van der Waals surface area contributed by atoms with Gasteiger partial charge in [0.1, 0.15) is 0 Å². The number of urea groups is 1. The number of pyridine rings is 1. The highest BCUT2D eigenvalue weighted by atomic mass is 32.2. The normalized spacial score (nSPS) is 13.1. The number of carbonyl (C=O) groups is 2. The van der Waals surface area contributed by atoms with Crippen molar-refractivity contribution in [2.45, 2.75) is 24.6 Å². The first-order chi connectivity index (χ1) is 12.2. The molecule has 1 fully saturated rings. The van der Waals surface area contributed by atoms with E-state index in [-0.39, 0.29) is 11.9 Å². The van der Waals surface area contributed by atoms with E-state index in [9.17, 15) is 9.59 Å². The average Bonchev–Trinajstić information content (AvgIpc) is 3.41. The predicted molar refractivity (Wildman–Crippen MR) is 101 cm³/mol. The number of anilines is 2. The van der Waals surface area contributed by atoms with Crippen LogP contribution in [0.25, 0.3) is 0 Å². The summed E-state index contributed by atoms with van der Waals surface area (Å²) in [5.41, 5.74) is 2.50. The highest BCUT2D eigenvalue weighted by molar-refractivity contribution is 7.99. The molecule has 0 spiro atoms. The van der Waals surface area contributed by atoms with Crippen molar-refractivity contribution in [2.24, 2.45) is 0 Å². The van der Waals surface area contributed by atoms with Crippen molar-refractivity contribution >= 4 is 35.1 Å². The van der Waals surface area contributed by atoms with Crippen molar-refractivity contribution in [3.63, 3.8) is 0 Å². The average molecular weight is 356 g/mol. The first-order valence-electron chi connectivity index (χ1n) is 8.13. The van der Waals surface area contributed by atoms with E-state index in [4.69, 9.17) is 0 Å². The van der Waals surface area contributed by atoms with Gasteiger partial charge in [-0.05, 0) is 48.7 Å². The van der Waals surface area contributed by atoms with E-state index in [0.717, 1.165) is 24.2 Å². The minimum absolute atomic E-state index is 0.0546. The van der Waals surface area contributed by atoms with Gasteiger partial charge in [-0.1, -0.05) is 6.07 Å². The first-order valence-corrected chi connectivity index (χ1v) is 9.28. The van der Waals surface area contributed by atoms with Crippen molar-refractivity contribution in [3.8, 4) is 0 Å². The van der Waals surface area contributed by atoms with E-state index >= 15 is 0 Å². The summed E-state index contributed by atoms with van der Waals surface area (Å²) in [4.78, 5) is 27.7. The molecule has 25 heavy (non-hydrogen) atoms. The zero-order valence-corrected chi connectivity index (χ0v) is 14.5. The lowest BCUT2D eigenvalue weighted by atomic mass is 10.3. The Morgan fingerprint density at radius 1 is 1.08 bits per heavy atom. The van der Waals surface area contributed by atoms with Gasteiger partial charge in [0.25, 0.3) is 0 Å². The number of carbonyl (C=O) groups excluding carboxylic acids is 2. The highest BCUT2D eigenvalue weighted by Crippen LogP contribution is 2.19. The Balaban J connectivity index is 1.39. The maximum Gasteiger partial charge on any atom is 0.319 e. The molecule has 0 saturated heterocycles. The number of nitrogens with zero attached hydrogens (tertiary/aromatic N) is 1. The van der Waals surface area contributed by atoms with Crippen molar-refractivity contribution in [2.75, 3.05) is 16.4 Å². The van der Waals surface area contributed by atoms with Gasteiger partial charge in [-0.3, -0.25) is 9.78 Å². The van der Waals surface area contributed by atoms with E-state index in [2.05, 4.69) is 20.9 Å².